The van der Waals surface area contributed by atoms with Gasteiger partial charge in [-0.25, -0.2) is 0 Å². The first kappa shape index (κ1) is 0.838. The number of nitrogens with zero attached hydrogens (tertiary/aromatic N) is 1. The van der Waals surface area contributed by atoms with E-state index in [9.17, 15) is 0 Å². The van der Waals surface area contributed by atoms with Gasteiger partial charge in [0.2, 0.25) is 0 Å². The van der Waals surface area contributed by atoms with Crippen molar-refractivity contribution in [3.63, 3.8) is 0 Å². The Morgan fingerprint density at radius 2 is 2.83 bits per heavy atom. The Hall–Kier alpha value is -0.510. The van der Waals surface area contributed by atoms with Crippen LogP contribution in [0.2, 0.25) is 0 Å². The highest BCUT2D eigenvalue weighted by Crippen LogP contribution is 1.94. The van der Waals surface area contributed by atoms with Gasteiger partial charge in [-0.2, -0.15) is 5.26 Å². The van der Waals surface area contributed by atoms with E-state index in [0.29, 0.717) is 0 Å². The molecule has 0 fully saturated rings. The molecule has 0 aromatic rings. The maximum atomic E-state index is 8.26. The molecule has 0 bridgehead atoms. The molecule has 0 heterocycles. The van der Waals surface area contributed by atoms with E-state index >= 15 is 0 Å². The molecule has 1 heteroatoms. The lowest BCUT2D eigenvalue weighted by atomic mass is 10.2. The van der Waals surface area contributed by atoms with Gasteiger partial charge in [0.05, 0.1) is 6.07 Å². The minimum atomic E-state index is -2.98. The van der Waals surface area contributed by atoms with Gasteiger partial charge < -0.3 is 0 Å². The number of nitriles is 1. The van der Waals surface area contributed by atoms with Crippen LogP contribution in [0.25, 0.3) is 0 Å². The maximum absolute atomic E-state index is 8.26. The Balaban J connectivity index is 5.11. The quantitative estimate of drug-likeness (QED) is 0.479. The fourth-order valence-corrected chi connectivity index (χ4v) is 0.0791. The van der Waals surface area contributed by atoms with Gasteiger partial charge in [-0.15, -0.1) is 0 Å². The van der Waals surface area contributed by atoms with E-state index in [4.69, 9.17) is 14.9 Å². The average Bonchev–Trinajstić information content (AvgIpc) is 1.82. The molecular formula is C5H9N. The van der Waals surface area contributed by atoms with Gasteiger partial charge in [-0.05, 0) is 5.89 Å². The molecular weight excluding hydrogens is 74.1 g/mol. The third kappa shape index (κ3) is 3.49. The van der Waals surface area contributed by atoms with Crippen LogP contribution in [0.4, 0.5) is 0 Å². The summed E-state index contributed by atoms with van der Waals surface area (Å²) in [7, 11) is 0. The molecule has 0 N–H and O–H groups in total. The van der Waals surface area contributed by atoms with Crippen LogP contribution in [0, 0.1) is 17.2 Å². The summed E-state index contributed by atoms with van der Waals surface area (Å²) in [6.07, 6.45) is -0.833. The minimum Gasteiger partial charge on any atom is -0.198 e. The van der Waals surface area contributed by atoms with Gasteiger partial charge in [-0.3, -0.25) is 0 Å². The predicted molar refractivity (Wildman–Crippen MR) is 25.1 cm³/mol. The maximum Gasteiger partial charge on any atom is 0.0624 e. The Labute approximate surface area is 48.4 Å². The molecule has 0 saturated heterocycles. The highest BCUT2D eigenvalue weighted by molar-refractivity contribution is 4.69. The lowest BCUT2D eigenvalue weighted by Crippen LogP contribution is -1.79. The molecule has 0 atom stereocenters. The van der Waals surface area contributed by atoms with Gasteiger partial charge in [0.1, 0.15) is 0 Å². The van der Waals surface area contributed by atoms with Crippen LogP contribution in [0.5, 0.6) is 0 Å². The summed E-state index contributed by atoms with van der Waals surface area (Å²) in [5.74, 6) is -2.69. The number of hydrogen-bond acceptors (Lipinski definition) is 1. The van der Waals surface area contributed by atoms with Crippen molar-refractivity contribution in [3.05, 3.63) is 0 Å². The molecule has 0 spiro atoms. The molecule has 1 nitrogen and oxygen atoms in total. The first-order valence-corrected chi connectivity index (χ1v) is 1.43. The normalized spacial score (nSPS) is 31.5. The van der Waals surface area contributed by atoms with Crippen molar-refractivity contribution >= 4 is 0 Å². The van der Waals surface area contributed by atoms with E-state index in [1.54, 1.807) is 0 Å². The van der Waals surface area contributed by atoms with Crippen molar-refractivity contribution in [2.75, 3.05) is 0 Å². The van der Waals surface area contributed by atoms with E-state index < -0.39 is 26.0 Å². The number of rotatable bonds is 1. The Bertz CT molecular complexity index is 205. The van der Waals surface area contributed by atoms with E-state index in [0.717, 1.165) is 0 Å². The zero-order valence-electron chi connectivity index (χ0n) is 10.2. The van der Waals surface area contributed by atoms with Crippen molar-refractivity contribution < 1.29 is 9.60 Å². The lowest BCUT2D eigenvalue weighted by molar-refractivity contribution is 0.671. The minimum absolute atomic E-state index is 0.833. The van der Waals surface area contributed by atoms with Gasteiger partial charge >= 0.3 is 0 Å². The van der Waals surface area contributed by atoms with Crippen molar-refractivity contribution in [3.8, 4) is 6.07 Å². The standard InChI is InChI=1S/C5H9N/c1-5(2)3-4-6/h5H,3H2,1-2H3/i1D3,2D3,5D. The van der Waals surface area contributed by atoms with E-state index in [-0.39, 0.29) is 0 Å². The Morgan fingerprint density at radius 3 is 3.00 bits per heavy atom. The second-order valence-electron chi connectivity index (χ2n) is 0.813. The van der Waals surface area contributed by atoms with Crippen LogP contribution in [0.1, 0.15) is 29.7 Å². The van der Waals surface area contributed by atoms with Gasteiger partial charge in [0.25, 0.3) is 0 Å². The summed E-state index contributed by atoms with van der Waals surface area (Å²) >= 11 is 0. The first-order valence-electron chi connectivity index (χ1n) is 4.93. The van der Waals surface area contributed by atoms with Crippen LogP contribution >= 0.6 is 0 Å². The smallest absolute Gasteiger partial charge is 0.0624 e. The summed E-state index contributed by atoms with van der Waals surface area (Å²) in [6.45, 7) is -5.96. The zero-order valence-corrected chi connectivity index (χ0v) is 3.15. The van der Waals surface area contributed by atoms with Crippen LogP contribution < -0.4 is 0 Å². The molecule has 0 saturated carbocycles. The van der Waals surface area contributed by atoms with Crippen molar-refractivity contribution in [2.24, 2.45) is 5.89 Å². The van der Waals surface area contributed by atoms with Gasteiger partial charge in [0.15, 0.2) is 0 Å². The third-order valence-electron chi connectivity index (χ3n) is 0.256. The summed E-state index contributed by atoms with van der Waals surface area (Å²) in [6, 6.07) is 1.41. The van der Waals surface area contributed by atoms with E-state index in [1.165, 1.54) is 6.07 Å². The molecule has 0 aliphatic carbocycles. The SMILES string of the molecule is [2H]C([2H])([2H])C([2H])(CC#N)C([2H])([2H])[2H]. The van der Waals surface area contributed by atoms with E-state index in [1.807, 2.05) is 0 Å². The number of hydrogen-bond donors (Lipinski definition) is 0. The van der Waals surface area contributed by atoms with Crippen LogP contribution in [-0.4, -0.2) is 0 Å². The highest BCUT2D eigenvalue weighted by atomic mass is 14.2. The van der Waals surface area contributed by atoms with Crippen LogP contribution in [-0.2, 0) is 0 Å². The monoisotopic (exact) mass is 90.1 g/mol. The van der Waals surface area contributed by atoms with E-state index in [2.05, 4.69) is 0 Å². The summed E-state index contributed by atoms with van der Waals surface area (Å²) in [5.41, 5.74) is 0. The summed E-state index contributed by atoms with van der Waals surface area (Å²) < 4.78 is 48.6. The molecule has 0 aromatic carbocycles. The molecule has 6 heavy (non-hydrogen) atoms. The first-order chi connectivity index (χ1) is 5.56. The lowest BCUT2D eigenvalue weighted by Gasteiger charge is -1.88. The fraction of sp³-hybridized carbons (Fsp3) is 0.800. The molecule has 0 amide bonds. The second-order valence-corrected chi connectivity index (χ2v) is 0.813. The summed E-state index contributed by atoms with van der Waals surface area (Å²) in [5, 5.41) is 8.26. The third-order valence-corrected chi connectivity index (χ3v) is 0.256. The largest absolute Gasteiger partial charge is 0.198 e. The topological polar surface area (TPSA) is 23.8 Å². The molecule has 0 radical (unpaired) electrons. The highest BCUT2D eigenvalue weighted by Gasteiger charge is 1.85. The van der Waals surface area contributed by atoms with Crippen molar-refractivity contribution in [1.82, 2.24) is 0 Å². The zero-order chi connectivity index (χ0) is 10.9. The Morgan fingerprint density at radius 1 is 2.17 bits per heavy atom. The van der Waals surface area contributed by atoms with Crippen molar-refractivity contribution in [2.45, 2.75) is 20.1 Å². The molecule has 0 aromatic heterocycles. The molecule has 0 aliphatic rings. The van der Waals surface area contributed by atoms with Crippen LogP contribution in [0.15, 0.2) is 0 Å². The molecule has 0 unspecified atom stereocenters. The Kier molecular flexibility index (Phi) is 0.379. The van der Waals surface area contributed by atoms with Crippen LogP contribution in [0.3, 0.4) is 0 Å². The summed E-state index contributed by atoms with van der Waals surface area (Å²) in [4.78, 5) is 0. The molecule has 34 valence electrons. The second kappa shape index (κ2) is 2.71. The van der Waals surface area contributed by atoms with Gasteiger partial charge in [-0.1, -0.05) is 13.7 Å². The van der Waals surface area contributed by atoms with Gasteiger partial charge in [0, 0.05) is 16.0 Å². The molecule has 0 rings (SSSR count). The fourth-order valence-electron chi connectivity index (χ4n) is 0.0791. The molecule has 0 aliphatic heterocycles. The van der Waals surface area contributed by atoms with Crippen molar-refractivity contribution in [1.29, 1.82) is 5.26 Å². The average molecular weight is 90.2 g/mol. The predicted octanol–water partition coefficient (Wildman–Crippen LogP) is 1.56.